The molecule has 0 nitrogen and oxygen atoms in total. The minimum atomic E-state index is 0.832. The molecule has 0 N–H and O–H groups in total. The molecule has 2 atom stereocenters. The van der Waals surface area contributed by atoms with Crippen molar-refractivity contribution in [3.63, 3.8) is 0 Å². The van der Waals surface area contributed by atoms with Crippen molar-refractivity contribution in [2.75, 3.05) is 0 Å². The summed E-state index contributed by atoms with van der Waals surface area (Å²) >= 11 is 0. The topological polar surface area (TPSA) is 0 Å². The van der Waals surface area contributed by atoms with E-state index in [2.05, 4.69) is 13.8 Å². The molecular formula is C15H26. The lowest BCUT2D eigenvalue weighted by atomic mass is 9.45. The summed E-state index contributed by atoms with van der Waals surface area (Å²) in [6, 6.07) is 0. The van der Waals surface area contributed by atoms with E-state index < -0.39 is 0 Å². The van der Waals surface area contributed by atoms with E-state index in [1.165, 1.54) is 12.8 Å². The standard InChI is InChI=1S/C15H26/c1-3-4-5-15-8-12-6-13(9-15)11(2)14(7-12)10-15/h11-14H,3-10H2,1-2H3. The van der Waals surface area contributed by atoms with Crippen molar-refractivity contribution < 1.29 is 0 Å². The minimum Gasteiger partial charge on any atom is -0.0654 e. The van der Waals surface area contributed by atoms with Gasteiger partial charge in [-0.15, -0.1) is 0 Å². The smallest absolute Gasteiger partial charge is 0.0289 e. The largest absolute Gasteiger partial charge is 0.0654 e. The van der Waals surface area contributed by atoms with Crippen LogP contribution in [0.4, 0.5) is 0 Å². The Morgan fingerprint density at radius 1 is 1.07 bits per heavy atom. The molecule has 0 radical (unpaired) electrons. The third kappa shape index (κ3) is 1.56. The summed E-state index contributed by atoms with van der Waals surface area (Å²) in [6.45, 7) is 4.89. The molecule has 4 saturated carbocycles. The Hall–Kier alpha value is 0. The fourth-order valence-corrected chi connectivity index (χ4v) is 5.30. The summed E-state index contributed by atoms with van der Waals surface area (Å²) < 4.78 is 0. The summed E-state index contributed by atoms with van der Waals surface area (Å²) in [5, 5.41) is 0. The molecule has 4 fully saturated rings. The van der Waals surface area contributed by atoms with E-state index >= 15 is 0 Å². The monoisotopic (exact) mass is 206 g/mol. The average Bonchev–Trinajstić information content (AvgIpc) is 2.22. The Bertz CT molecular complexity index is 226. The van der Waals surface area contributed by atoms with Gasteiger partial charge < -0.3 is 0 Å². The van der Waals surface area contributed by atoms with Crippen LogP contribution in [-0.2, 0) is 0 Å². The van der Waals surface area contributed by atoms with Gasteiger partial charge in [0.05, 0.1) is 0 Å². The highest BCUT2D eigenvalue weighted by Gasteiger charge is 2.53. The maximum atomic E-state index is 2.54. The van der Waals surface area contributed by atoms with Crippen molar-refractivity contribution in [1.82, 2.24) is 0 Å². The molecule has 0 aromatic heterocycles. The van der Waals surface area contributed by atoms with E-state index in [0.29, 0.717) is 0 Å². The molecule has 4 aliphatic carbocycles. The van der Waals surface area contributed by atoms with E-state index in [0.717, 1.165) is 29.1 Å². The van der Waals surface area contributed by atoms with Gasteiger partial charge in [-0.05, 0) is 67.6 Å². The van der Waals surface area contributed by atoms with Crippen LogP contribution in [0.3, 0.4) is 0 Å². The van der Waals surface area contributed by atoms with Gasteiger partial charge in [0.25, 0.3) is 0 Å². The molecule has 15 heavy (non-hydrogen) atoms. The molecule has 4 aliphatic rings. The first-order chi connectivity index (χ1) is 7.22. The van der Waals surface area contributed by atoms with Gasteiger partial charge in [-0.2, -0.15) is 0 Å². The molecular weight excluding hydrogens is 180 g/mol. The highest BCUT2D eigenvalue weighted by Crippen LogP contribution is 2.63. The number of hydrogen-bond donors (Lipinski definition) is 0. The van der Waals surface area contributed by atoms with Gasteiger partial charge in [0, 0.05) is 0 Å². The fraction of sp³-hybridized carbons (Fsp3) is 1.00. The zero-order valence-electron chi connectivity index (χ0n) is 10.5. The Kier molecular flexibility index (Phi) is 2.37. The Morgan fingerprint density at radius 2 is 1.73 bits per heavy atom. The summed E-state index contributed by atoms with van der Waals surface area (Å²) in [5.41, 5.74) is 0.832. The van der Waals surface area contributed by atoms with Gasteiger partial charge in [-0.25, -0.2) is 0 Å². The first-order valence-corrected chi connectivity index (χ1v) is 7.22. The van der Waals surface area contributed by atoms with Gasteiger partial charge in [-0.3, -0.25) is 0 Å². The van der Waals surface area contributed by atoms with Gasteiger partial charge in [0.1, 0.15) is 0 Å². The van der Waals surface area contributed by atoms with Crippen molar-refractivity contribution in [3.05, 3.63) is 0 Å². The average molecular weight is 206 g/mol. The van der Waals surface area contributed by atoms with Crippen molar-refractivity contribution >= 4 is 0 Å². The van der Waals surface area contributed by atoms with E-state index in [9.17, 15) is 0 Å². The number of hydrogen-bond acceptors (Lipinski definition) is 0. The lowest BCUT2D eigenvalue weighted by Gasteiger charge is -2.60. The van der Waals surface area contributed by atoms with Gasteiger partial charge in [-0.1, -0.05) is 26.7 Å². The van der Waals surface area contributed by atoms with Gasteiger partial charge in [0.2, 0.25) is 0 Å². The molecule has 0 aliphatic heterocycles. The maximum absolute atomic E-state index is 2.54. The zero-order valence-corrected chi connectivity index (χ0v) is 10.5. The minimum absolute atomic E-state index is 0.832. The van der Waals surface area contributed by atoms with Crippen LogP contribution in [0.2, 0.25) is 0 Å². The van der Waals surface area contributed by atoms with E-state index in [4.69, 9.17) is 0 Å². The second-order valence-electron chi connectivity index (χ2n) is 6.93. The number of unbranched alkanes of at least 4 members (excludes halogenated alkanes) is 1. The van der Waals surface area contributed by atoms with Crippen LogP contribution in [0.1, 0.15) is 65.2 Å². The molecule has 0 heterocycles. The van der Waals surface area contributed by atoms with Crippen molar-refractivity contribution in [2.24, 2.45) is 29.1 Å². The second kappa shape index (κ2) is 3.50. The highest BCUT2D eigenvalue weighted by atomic mass is 14.6. The second-order valence-corrected chi connectivity index (χ2v) is 6.93. The Labute approximate surface area is 94.8 Å². The highest BCUT2D eigenvalue weighted by molar-refractivity contribution is 5.03. The van der Waals surface area contributed by atoms with Crippen LogP contribution in [0.5, 0.6) is 0 Å². The van der Waals surface area contributed by atoms with E-state index in [1.807, 2.05) is 0 Å². The van der Waals surface area contributed by atoms with Crippen LogP contribution >= 0.6 is 0 Å². The molecule has 4 bridgehead atoms. The molecule has 0 aromatic rings. The summed E-state index contributed by atoms with van der Waals surface area (Å²) in [6.07, 6.45) is 12.4. The molecule has 86 valence electrons. The quantitative estimate of drug-likeness (QED) is 0.631. The van der Waals surface area contributed by atoms with Crippen LogP contribution in [0.15, 0.2) is 0 Å². The molecule has 0 heteroatoms. The van der Waals surface area contributed by atoms with Crippen LogP contribution in [-0.4, -0.2) is 0 Å². The zero-order chi connectivity index (χ0) is 10.5. The van der Waals surface area contributed by atoms with E-state index in [1.54, 1.807) is 38.5 Å². The molecule has 4 rings (SSSR count). The Balaban J connectivity index is 1.77. The molecule has 0 spiro atoms. The van der Waals surface area contributed by atoms with Gasteiger partial charge >= 0.3 is 0 Å². The SMILES string of the molecule is CCCCC12CC3CC(C1)C(C)C(C3)C2. The van der Waals surface area contributed by atoms with Crippen molar-refractivity contribution in [1.29, 1.82) is 0 Å². The number of rotatable bonds is 3. The normalized spacial score (nSPS) is 52.4. The third-order valence-corrected chi connectivity index (χ3v) is 5.93. The van der Waals surface area contributed by atoms with Crippen LogP contribution in [0, 0.1) is 29.1 Å². The maximum Gasteiger partial charge on any atom is -0.0289 e. The van der Waals surface area contributed by atoms with Crippen molar-refractivity contribution in [2.45, 2.75) is 65.2 Å². The molecule has 0 aromatic carbocycles. The third-order valence-electron chi connectivity index (χ3n) is 5.93. The predicted molar refractivity (Wildman–Crippen MR) is 64.7 cm³/mol. The molecule has 0 amide bonds. The van der Waals surface area contributed by atoms with Crippen LogP contribution in [0.25, 0.3) is 0 Å². The summed E-state index contributed by atoms with van der Waals surface area (Å²) in [4.78, 5) is 0. The summed E-state index contributed by atoms with van der Waals surface area (Å²) in [5.74, 6) is 4.44. The van der Waals surface area contributed by atoms with Crippen LogP contribution < -0.4 is 0 Å². The lowest BCUT2D eigenvalue weighted by molar-refractivity contribution is -0.0935. The lowest BCUT2D eigenvalue weighted by Crippen LogP contribution is -2.50. The first kappa shape index (κ1) is 10.2. The van der Waals surface area contributed by atoms with Crippen molar-refractivity contribution in [3.8, 4) is 0 Å². The first-order valence-electron chi connectivity index (χ1n) is 7.22. The van der Waals surface area contributed by atoms with Gasteiger partial charge in [0.15, 0.2) is 0 Å². The van der Waals surface area contributed by atoms with E-state index in [-0.39, 0.29) is 0 Å². The summed E-state index contributed by atoms with van der Waals surface area (Å²) in [7, 11) is 0. The molecule has 2 unspecified atom stereocenters. The Morgan fingerprint density at radius 3 is 2.33 bits per heavy atom. The molecule has 0 saturated heterocycles. The fourth-order valence-electron chi connectivity index (χ4n) is 5.30. The predicted octanol–water partition coefficient (Wildman–Crippen LogP) is 4.64.